The molecular weight excluding hydrogens is 252 g/mol. The number of halogens is 1. The van der Waals surface area contributed by atoms with E-state index in [4.69, 9.17) is 5.73 Å². The number of hydrogen-bond donors (Lipinski definition) is 1. The minimum absolute atomic E-state index is 0.707. The van der Waals surface area contributed by atoms with E-state index in [2.05, 4.69) is 41.7 Å². The Morgan fingerprint density at radius 3 is 2.33 bits per heavy atom. The summed E-state index contributed by atoms with van der Waals surface area (Å²) in [5.74, 6) is 0.707. The lowest BCUT2D eigenvalue weighted by atomic mass is 10.1. The monoisotopic (exact) mass is 268 g/mol. The van der Waals surface area contributed by atoms with E-state index < -0.39 is 0 Å². The molecule has 2 nitrogen and oxygen atoms in total. The SMILES string of the molecule is CCCC(N)=Nc1cc(C)c(Br)c(C)c1. The molecule has 0 aliphatic rings. The second kappa shape index (κ2) is 5.31. The summed E-state index contributed by atoms with van der Waals surface area (Å²) in [5.41, 5.74) is 9.12. The predicted molar refractivity (Wildman–Crippen MR) is 69.8 cm³/mol. The topological polar surface area (TPSA) is 38.4 Å². The second-order valence-electron chi connectivity index (χ2n) is 3.75. The summed E-state index contributed by atoms with van der Waals surface area (Å²) in [6, 6.07) is 4.08. The van der Waals surface area contributed by atoms with Crippen molar-refractivity contribution in [2.24, 2.45) is 10.7 Å². The average molecular weight is 269 g/mol. The number of nitrogens with zero attached hydrogens (tertiary/aromatic N) is 1. The van der Waals surface area contributed by atoms with Gasteiger partial charge in [0.15, 0.2) is 0 Å². The van der Waals surface area contributed by atoms with Crippen LogP contribution in [0.25, 0.3) is 0 Å². The Hall–Kier alpha value is -0.830. The fourth-order valence-corrected chi connectivity index (χ4v) is 1.69. The minimum atomic E-state index is 0.707. The summed E-state index contributed by atoms with van der Waals surface area (Å²) in [5, 5.41) is 0. The summed E-state index contributed by atoms with van der Waals surface area (Å²) in [6.45, 7) is 6.22. The number of amidine groups is 1. The van der Waals surface area contributed by atoms with Gasteiger partial charge >= 0.3 is 0 Å². The molecule has 0 atom stereocenters. The Labute approximate surface area is 99.7 Å². The van der Waals surface area contributed by atoms with Crippen LogP contribution in [-0.4, -0.2) is 5.84 Å². The summed E-state index contributed by atoms with van der Waals surface area (Å²) < 4.78 is 1.15. The van der Waals surface area contributed by atoms with Crippen molar-refractivity contribution in [1.82, 2.24) is 0 Å². The maximum atomic E-state index is 5.79. The van der Waals surface area contributed by atoms with Gasteiger partial charge in [0.25, 0.3) is 0 Å². The van der Waals surface area contributed by atoms with Crippen molar-refractivity contribution in [1.29, 1.82) is 0 Å². The average Bonchev–Trinajstić information content (AvgIpc) is 2.14. The number of hydrogen-bond acceptors (Lipinski definition) is 1. The molecule has 15 heavy (non-hydrogen) atoms. The molecule has 1 rings (SSSR count). The highest BCUT2D eigenvalue weighted by Crippen LogP contribution is 2.26. The number of aliphatic imine (C=N–C) groups is 1. The molecule has 0 unspecified atom stereocenters. The van der Waals surface area contributed by atoms with Crippen LogP contribution in [0.2, 0.25) is 0 Å². The predicted octanol–water partition coefficient (Wildman–Crippen LogP) is 3.85. The summed E-state index contributed by atoms with van der Waals surface area (Å²) >= 11 is 3.53. The van der Waals surface area contributed by atoms with Crippen molar-refractivity contribution in [3.8, 4) is 0 Å². The van der Waals surface area contributed by atoms with E-state index >= 15 is 0 Å². The Balaban J connectivity index is 3.02. The molecule has 82 valence electrons. The van der Waals surface area contributed by atoms with Crippen LogP contribution in [0.1, 0.15) is 30.9 Å². The second-order valence-corrected chi connectivity index (χ2v) is 4.54. The zero-order valence-corrected chi connectivity index (χ0v) is 11.1. The lowest BCUT2D eigenvalue weighted by molar-refractivity contribution is 0.983. The Morgan fingerprint density at radius 1 is 1.33 bits per heavy atom. The zero-order valence-electron chi connectivity index (χ0n) is 9.47. The fraction of sp³-hybridized carbons (Fsp3) is 0.417. The molecule has 0 radical (unpaired) electrons. The molecule has 0 bridgehead atoms. The molecule has 3 heteroatoms. The third kappa shape index (κ3) is 3.34. The fourth-order valence-electron chi connectivity index (χ4n) is 1.47. The van der Waals surface area contributed by atoms with Gasteiger partial charge in [0.1, 0.15) is 0 Å². The van der Waals surface area contributed by atoms with Crippen molar-refractivity contribution in [3.05, 3.63) is 27.7 Å². The van der Waals surface area contributed by atoms with E-state index in [0.717, 1.165) is 23.0 Å². The number of benzene rings is 1. The summed E-state index contributed by atoms with van der Waals surface area (Å²) in [6.07, 6.45) is 1.89. The van der Waals surface area contributed by atoms with E-state index in [1.807, 2.05) is 12.1 Å². The lowest BCUT2D eigenvalue weighted by Crippen LogP contribution is -2.09. The molecule has 2 N–H and O–H groups in total. The standard InChI is InChI=1S/C12H17BrN2/c1-4-5-11(14)15-10-6-8(2)12(13)9(3)7-10/h6-7H,4-5H2,1-3H3,(H2,14,15). The molecule has 0 aliphatic heterocycles. The molecule has 0 aliphatic carbocycles. The van der Waals surface area contributed by atoms with E-state index in [-0.39, 0.29) is 0 Å². The molecule has 0 aromatic heterocycles. The highest BCUT2D eigenvalue weighted by molar-refractivity contribution is 9.10. The molecule has 0 saturated heterocycles. The van der Waals surface area contributed by atoms with Crippen molar-refractivity contribution in [2.75, 3.05) is 0 Å². The lowest BCUT2D eigenvalue weighted by Gasteiger charge is -2.05. The van der Waals surface area contributed by atoms with Crippen LogP contribution in [0.4, 0.5) is 5.69 Å². The Bertz CT molecular complexity index is 360. The van der Waals surface area contributed by atoms with E-state index in [1.165, 1.54) is 11.1 Å². The van der Waals surface area contributed by atoms with E-state index in [1.54, 1.807) is 0 Å². The number of aryl methyl sites for hydroxylation is 2. The Morgan fingerprint density at radius 2 is 1.87 bits per heavy atom. The van der Waals surface area contributed by atoms with Gasteiger partial charge in [0.05, 0.1) is 11.5 Å². The third-order valence-electron chi connectivity index (χ3n) is 2.20. The van der Waals surface area contributed by atoms with Crippen molar-refractivity contribution >= 4 is 27.5 Å². The van der Waals surface area contributed by atoms with Gasteiger partial charge in [0, 0.05) is 10.9 Å². The quantitative estimate of drug-likeness (QED) is 0.656. The van der Waals surface area contributed by atoms with Gasteiger partial charge in [-0.25, -0.2) is 4.99 Å². The van der Waals surface area contributed by atoms with Gasteiger partial charge < -0.3 is 5.73 Å². The van der Waals surface area contributed by atoms with Crippen LogP contribution in [0, 0.1) is 13.8 Å². The Kier molecular flexibility index (Phi) is 4.33. The maximum Gasteiger partial charge on any atom is 0.0996 e. The van der Waals surface area contributed by atoms with Crippen LogP contribution < -0.4 is 5.73 Å². The van der Waals surface area contributed by atoms with Crippen molar-refractivity contribution < 1.29 is 0 Å². The van der Waals surface area contributed by atoms with Crippen LogP contribution in [-0.2, 0) is 0 Å². The first kappa shape index (κ1) is 12.2. The van der Waals surface area contributed by atoms with Gasteiger partial charge in [-0.15, -0.1) is 0 Å². The molecule has 0 fully saturated rings. The van der Waals surface area contributed by atoms with Gasteiger partial charge in [-0.05, 0) is 43.5 Å². The van der Waals surface area contributed by atoms with Crippen LogP contribution >= 0.6 is 15.9 Å². The summed E-state index contributed by atoms with van der Waals surface area (Å²) in [4.78, 5) is 4.39. The van der Waals surface area contributed by atoms with Gasteiger partial charge in [-0.3, -0.25) is 0 Å². The summed E-state index contributed by atoms with van der Waals surface area (Å²) in [7, 11) is 0. The van der Waals surface area contributed by atoms with Crippen LogP contribution in [0.3, 0.4) is 0 Å². The molecule has 0 spiro atoms. The van der Waals surface area contributed by atoms with Crippen molar-refractivity contribution in [2.45, 2.75) is 33.6 Å². The first-order chi connectivity index (χ1) is 7.04. The number of rotatable bonds is 3. The van der Waals surface area contributed by atoms with Crippen LogP contribution in [0.15, 0.2) is 21.6 Å². The first-order valence-electron chi connectivity index (χ1n) is 5.14. The number of nitrogens with two attached hydrogens (primary N) is 1. The highest BCUT2D eigenvalue weighted by atomic mass is 79.9. The minimum Gasteiger partial charge on any atom is -0.387 e. The maximum absolute atomic E-state index is 5.79. The third-order valence-corrected chi connectivity index (χ3v) is 3.45. The smallest absolute Gasteiger partial charge is 0.0996 e. The largest absolute Gasteiger partial charge is 0.387 e. The van der Waals surface area contributed by atoms with E-state index in [9.17, 15) is 0 Å². The first-order valence-corrected chi connectivity index (χ1v) is 5.93. The zero-order chi connectivity index (χ0) is 11.4. The van der Waals surface area contributed by atoms with Gasteiger partial charge in [-0.1, -0.05) is 22.9 Å². The van der Waals surface area contributed by atoms with Crippen molar-refractivity contribution in [3.63, 3.8) is 0 Å². The van der Waals surface area contributed by atoms with Crippen LogP contribution in [0.5, 0.6) is 0 Å². The highest BCUT2D eigenvalue weighted by Gasteiger charge is 2.01. The normalized spacial score (nSPS) is 11.9. The molecule has 0 saturated carbocycles. The van der Waals surface area contributed by atoms with Gasteiger partial charge in [0.2, 0.25) is 0 Å². The molecule has 1 aromatic rings. The van der Waals surface area contributed by atoms with Gasteiger partial charge in [-0.2, -0.15) is 0 Å². The van der Waals surface area contributed by atoms with E-state index in [0.29, 0.717) is 5.84 Å². The molecular formula is C12H17BrN2. The molecule has 0 amide bonds. The molecule has 0 heterocycles. The molecule has 1 aromatic carbocycles.